The molecule has 1 saturated carbocycles. The zero-order valence-electron chi connectivity index (χ0n) is 19.8. The molecule has 0 amide bonds. The van der Waals surface area contributed by atoms with Gasteiger partial charge in [-0.15, -0.1) is 0 Å². The van der Waals surface area contributed by atoms with E-state index < -0.39 is 11.7 Å². The predicted molar refractivity (Wildman–Crippen MR) is 124 cm³/mol. The SMILES string of the molecule is CCCC1CC=C(C2CCC(C3CCC(C4=CC(C)C(C)C(F)=C4F)CC3)OC2)CC1. The van der Waals surface area contributed by atoms with Gasteiger partial charge in [0.15, 0.2) is 5.83 Å². The summed E-state index contributed by atoms with van der Waals surface area (Å²) in [6, 6.07) is 0. The van der Waals surface area contributed by atoms with Crippen LogP contribution in [-0.4, -0.2) is 12.7 Å². The molecule has 31 heavy (non-hydrogen) atoms. The summed E-state index contributed by atoms with van der Waals surface area (Å²) in [6.07, 6.45) is 18.0. The van der Waals surface area contributed by atoms with Crippen LogP contribution < -0.4 is 0 Å². The summed E-state index contributed by atoms with van der Waals surface area (Å²) in [6.45, 7) is 6.96. The molecular formula is C28H42F2O. The summed E-state index contributed by atoms with van der Waals surface area (Å²) >= 11 is 0. The maximum absolute atomic E-state index is 14.6. The summed E-state index contributed by atoms with van der Waals surface area (Å²) in [5.41, 5.74) is 2.31. The molecule has 1 aliphatic heterocycles. The van der Waals surface area contributed by atoms with Crippen molar-refractivity contribution in [3.05, 3.63) is 35.0 Å². The van der Waals surface area contributed by atoms with Crippen molar-refractivity contribution in [2.75, 3.05) is 6.61 Å². The van der Waals surface area contributed by atoms with Crippen molar-refractivity contribution in [1.82, 2.24) is 0 Å². The molecule has 174 valence electrons. The van der Waals surface area contributed by atoms with Gasteiger partial charge in [0.05, 0.1) is 12.7 Å². The quantitative estimate of drug-likeness (QED) is 0.396. The molecule has 0 radical (unpaired) electrons. The van der Waals surface area contributed by atoms with Crippen LogP contribution >= 0.6 is 0 Å². The zero-order valence-corrected chi connectivity index (χ0v) is 19.8. The standard InChI is InChI=1S/C28H42F2O/c1-4-5-20-6-8-21(9-7-20)24-14-15-26(31-17-24)23-12-10-22(11-13-23)25-16-18(2)19(3)27(29)28(25)30/h8,16,18-20,22-24,26H,4-7,9-15,17H2,1-3H3. The van der Waals surface area contributed by atoms with Crippen molar-refractivity contribution < 1.29 is 13.5 Å². The lowest BCUT2D eigenvalue weighted by Gasteiger charge is -2.40. The van der Waals surface area contributed by atoms with E-state index in [2.05, 4.69) is 13.0 Å². The maximum Gasteiger partial charge on any atom is 0.158 e. The first-order valence-corrected chi connectivity index (χ1v) is 13.1. The van der Waals surface area contributed by atoms with E-state index in [1.807, 2.05) is 13.0 Å². The topological polar surface area (TPSA) is 9.23 Å². The number of halogens is 2. The molecule has 0 spiro atoms. The Morgan fingerprint density at radius 3 is 2.32 bits per heavy atom. The predicted octanol–water partition coefficient (Wildman–Crippen LogP) is 8.48. The molecule has 0 bridgehead atoms. The molecule has 5 atom stereocenters. The molecule has 4 aliphatic rings. The second-order valence-electron chi connectivity index (χ2n) is 10.9. The second-order valence-corrected chi connectivity index (χ2v) is 10.9. The molecule has 0 aromatic heterocycles. The van der Waals surface area contributed by atoms with E-state index in [4.69, 9.17) is 4.74 Å². The highest BCUT2D eigenvalue weighted by Gasteiger charge is 2.36. The van der Waals surface area contributed by atoms with Crippen molar-refractivity contribution >= 4 is 0 Å². The molecule has 2 fully saturated rings. The Balaban J connectivity index is 1.25. The number of allylic oxidation sites excluding steroid dienone is 5. The summed E-state index contributed by atoms with van der Waals surface area (Å²) in [4.78, 5) is 0. The summed E-state index contributed by atoms with van der Waals surface area (Å²) in [7, 11) is 0. The Morgan fingerprint density at radius 2 is 1.71 bits per heavy atom. The van der Waals surface area contributed by atoms with Gasteiger partial charge in [-0.2, -0.15) is 0 Å². The number of ether oxygens (including phenoxy) is 1. The molecule has 0 aromatic carbocycles. The Labute approximate surface area is 188 Å². The van der Waals surface area contributed by atoms with Crippen LogP contribution in [0.15, 0.2) is 35.0 Å². The van der Waals surface area contributed by atoms with Crippen molar-refractivity contribution in [1.29, 1.82) is 0 Å². The van der Waals surface area contributed by atoms with Crippen LogP contribution in [-0.2, 0) is 4.74 Å². The highest BCUT2D eigenvalue weighted by Crippen LogP contribution is 2.45. The fraction of sp³-hybridized carbons (Fsp3) is 0.786. The van der Waals surface area contributed by atoms with Gasteiger partial charge in [0, 0.05) is 11.8 Å². The minimum atomic E-state index is -0.562. The van der Waals surface area contributed by atoms with Gasteiger partial charge < -0.3 is 4.74 Å². The fourth-order valence-electron chi connectivity index (χ4n) is 6.57. The maximum atomic E-state index is 14.6. The first kappa shape index (κ1) is 23.2. The largest absolute Gasteiger partial charge is 0.377 e. The van der Waals surface area contributed by atoms with Crippen LogP contribution in [0, 0.1) is 35.5 Å². The molecular weight excluding hydrogens is 390 g/mol. The highest BCUT2D eigenvalue weighted by atomic mass is 19.2. The minimum absolute atomic E-state index is 0.0807. The first-order valence-electron chi connectivity index (χ1n) is 13.1. The molecule has 5 unspecified atom stereocenters. The average Bonchev–Trinajstić information content (AvgIpc) is 2.81. The Morgan fingerprint density at radius 1 is 0.968 bits per heavy atom. The Bertz CT molecular complexity index is 705. The van der Waals surface area contributed by atoms with Gasteiger partial charge in [0.1, 0.15) is 5.83 Å². The Hall–Kier alpha value is -0.960. The summed E-state index contributed by atoms with van der Waals surface area (Å²) in [5, 5.41) is 0. The number of hydrogen-bond donors (Lipinski definition) is 0. The second kappa shape index (κ2) is 10.3. The van der Waals surface area contributed by atoms with Gasteiger partial charge in [-0.05, 0) is 87.0 Å². The van der Waals surface area contributed by atoms with Gasteiger partial charge in [0.25, 0.3) is 0 Å². The van der Waals surface area contributed by atoms with E-state index in [0.717, 1.165) is 44.6 Å². The molecule has 1 heterocycles. The lowest BCUT2D eigenvalue weighted by Crippen LogP contribution is -2.35. The monoisotopic (exact) mass is 432 g/mol. The highest BCUT2D eigenvalue weighted by molar-refractivity contribution is 5.35. The third-order valence-electron chi connectivity index (χ3n) is 8.92. The molecule has 3 heteroatoms. The molecule has 4 rings (SSSR count). The average molecular weight is 433 g/mol. The van der Waals surface area contributed by atoms with Gasteiger partial charge in [-0.1, -0.05) is 51.3 Å². The molecule has 1 nitrogen and oxygen atoms in total. The normalized spacial score (nSPS) is 39.8. The molecule has 0 aromatic rings. The lowest BCUT2D eigenvalue weighted by atomic mass is 9.72. The summed E-state index contributed by atoms with van der Waals surface area (Å²) in [5.74, 6) is 0.950. The number of rotatable bonds is 5. The lowest BCUT2D eigenvalue weighted by molar-refractivity contribution is -0.0509. The van der Waals surface area contributed by atoms with Crippen molar-refractivity contribution in [3.8, 4) is 0 Å². The first-order chi connectivity index (χ1) is 15.0. The van der Waals surface area contributed by atoms with E-state index in [0.29, 0.717) is 23.5 Å². The molecule has 1 saturated heterocycles. The van der Waals surface area contributed by atoms with E-state index in [9.17, 15) is 8.78 Å². The van der Waals surface area contributed by atoms with E-state index in [1.54, 1.807) is 12.5 Å². The van der Waals surface area contributed by atoms with Crippen LogP contribution in [0.4, 0.5) is 8.78 Å². The van der Waals surface area contributed by atoms with Gasteiger partial charge in [-0.3, -0.25) is 0 Å². The van der Waals surface area contributed by atoms with Crippen LogP contribution in [0.1, 0.15) is 91.4 Å². The van der Waals surface area contributed by atoms with Crippen molar-refractivity contribution in [2.45, 2.75) is 97.5 Å². The van der Waals surface area contributed by atoms with Crippen LogP contribution in [0.3, 0.4) is 0 Å². The van der Waals surface area contributed by atoms with Crippen molar-refractivity contribution in [2.24, 2.45) is 35.5 Å². The van der Waals surface area contributed by atoms with E-state index in [1.165, 1.54) is 38.5 Å². The van der Waals surface area contributed by atoms with E-state index >= 15 is 0 Å². The zero-order chi connectivity index (χ0) is 22.0. The third-order valence-corrected chi connectivity index (χ3v) is 8.92. The van der Waals surface area contributed by atoms with Gasteiger partial charge in [-0.25, -0.2) is 8.78 Å². The third kappa shape index (κ3) is 5.18. The molecule has 0 N–H and O–H groups in total. The van der Waals surface area contributed by atoms with Crippen LogP contribution in [0.2, 0.25) is 0 Å². The van der Waals surface area contributed by atoms with Crippen LogP contribution in [0.5, 0.6) is 0 Å². The van der Waals surface area contributed by atoms with Gasteiger partial charge in [0.2, 0.25) is 0 Å². The van der Waals surface area contributed by atoms with Gasteiger partial charge >= 0.3 is 0 Å². The summed E-state index contributed by atoms with van der Waals surface area (Å²) < 4.78 is 35.3. The van der Waals surface area contributed by atoms with Crippen molar-refractivity contribution in [3.63, 3.8) is 0 Å². The Kier molecular flexibility index (Phi) is 7.72. The minimum Gasteiger partial charge on any atom is -0.377 e. The fourth-order valence-corrected chi connectivity index (χ4v) is 6.57. The number of hydrogen-bond acceptors (Lipinski definition) is 1. The smallest absolute Gasteiger partial charge is 0.158 e. The van der Waals surface area contributed by atoms with Crippen LogP contribution in [0.25, 0.3) is 0 Å². The van der Waals surface area contributed by atoms with E-state index in [-0.39, 0.29) is 17.8 Å². The molecule has 3 aliphatic carbocycles.